The Morgan fingerprint density at radius 3 is 2.50 bits per heavy atom. The molecule has 1 aliphatic heterocycles. The first-order valence-electron chi connectivity index (χ1n) is 7.46. The van der Waals surface area contributed by atoms with Crippen LogP contribution in [0.4, 0.5) is 0 Å². The van der Waals surface area contributed by atoms with Crippen LogP contribution in [-0.2, 0) is 11.3 Å². The van der Waals surface area contributed by atoms with Gasteiger partial charge in [-0.3, -0.25) is 9.69 Å². The molecule has 3 heteroatoms. The third-order valence-electron chi connectivity index (χ3n) is 3.87. The fourth-order valence-corrected chi connectivity index (χ4v) is 2.96. The molecule has 22 heavy (non-hydrogen) atoms. The van der Waals surface area contributed by atoms with E-state index in [4.69, 9.17) is 0 Å². The molecule has 1 heterocycles. The SMILES string of the molecule is O=C1CCN(Cc2ccccc2)C/C1=C\c1ccc(Br)cc1. The van der Waals surface area contributed by atoms with E-state index in [1.807, 2.05) is 36.4 Å². The third kappa shape index (κ3) is 3.93. The molecule has 0 aromatic heterocycles. The minimum Gasteiger partial charge on any atom is -0.294 e. The predicted octanol–water partition coefficient (Wildman–Crippen LogP) is 4.31. The molecule has 0 amide bonds. The Morgan fingerprint density at radius 2 is 1.77 bits per heavy atom. The van der Waals surface area contributed by atoms with Crippen molar-refractivity contribution in [1.29, 1.82) is 0 Å². The van der Waals surface area contributed by atoms with Crippen molar-refractivity contribution in [3.63, 3.8) is 0 Å². The summed E-state index contributed by atoms with van der Waals surface area (Å²) in [6, 6.07) is 18.5. The van der Waals surface area contributed by atoms with Gasteiger partial charge in [0.05, 0.1) is 0 Å². The van der Waals surface area contributed by atoms with Crippen molar-refractivity contribution in [2.45, 2.75) is 13.0 Å². The summed E-state index contributed by atoms with van der Waals surface area (Å²) in [7, 11) is 0. The van der Waals surface area contributed by atoms with Crippen molar-refractivity contribution >= 4 is 27.8 Å². The van der Waals surface area contributed by atoms with Crippen LogP contribution in [-0.4, -0.2) is 23.8 Å². The molecule has 1 aliphatic rings. The molecule has 0 unspecified atom stereocenters. The Labute approximate surface area is 139 Å². The number of nitrogens with zero attached hydrogens (tertiary/aromatic N) is 1. The van der Waals surface area contributed by atoms with Crippen LogP contribution in [0, 0.1) is 0 Å². The average Bonchev–Trinajstić information content (AvgIpc) is 2.54. The second-order valence-electron chi connectivity index (χ2n) is 5.59. The predicted molar refractivity (Wildman–Crippen MR) is 93.5 cm³/mol. The van der Waals surface area contributed by atoms with Gasteiger partial charge in [0, 0.05) is 36.1 Å². The largest absolute Gasteiger partial charge is 0.294 e. The molecular weight excluding hydrogens is 338 g/mol. The van der Waals surface area contributed by atoms with Crippen LogP contribution in [0.25, 0.3) is 6.08 Å². The Hall–Kier alpha value is -1.71. The maximum Gasteiger partial charge on any atom is 0.161 e. The summed E-state index contributed by atoms with van der Waals surface area (Å²) in [5.41, 5.74) is 3.28. The Bertz CT molecular complexity index is 676. The molecule has 1 fully saturated rings. The van der Waals surface area contributed by atoms with Gasteiger partial charge in [0.1, 0.15) is 0 Å². The molecule has 3 rings (SSSR count). The topological polar surface area (TPSA) is 20.3 Å². The number of benzene rings is 2. The molecule has 2 aromatic carbocycles. The zero-order chi connectivity index (χ0) is 15.4. The summed E-state index contributed by atoms with van der Waals surface area (Å²) < 4.78 is 1.05. The molecule has 0 radical (unpaired) electrons. The van der Waals surface area contributed by atoms with Gasteiger partial charge in [-0.25, -0.2) is 0 Å². The number of carbonyl (C=O) groups is 1. The normalized spacial score (nSPS) is 17.9. The number of halogens is 1. The van der Waals surface area contributed by atoms with Gasteiger partial charge in [-0.2, -0.15) is 0 Å². The first-order chi connectivity index (χ1) is 10.7. The minimum atomic E-state index is 0.271. The number of carbonyl (C=O) groups excluding carboxylic acids is 1. The van der Waals surface area contributed by atoms with E-state index in [1.54, 1.807) is 0 Å². The molecule has 0 N–H and O–H groups in total. The molecule has 0 saturated carbocycles. The standard InChI is InChI=1S/C19H18BrNO/c20-18-8-6-15(7-9-18)12-17-14-21(11-10-19(17)22)13-16-4-2-1-3-5-16/h1-9,12H,10-11,13-14H2/b17-12+. The summed E-state index contributed by atoms with van der Waals surface area (Å²) in [6.45, 7) is 2.46. The summed E-state index contributed by atoms with van der Waals surface area (Å²) in [5, 5.41) is 0. The Balaban J connectivity index is 1.73. The monoisotopic (exact) mass is 355 g/mol. The second-order valence-corrected chi connectivity index (χ2v) is 6.51. The van der Waals surface area contributed by atoms with Crippen molar-refractivity contribution in [2.75, 3.05) is 13.1 Å². The summed E-state index contributed by atoms with van der Waals surface area (Å²) in [4.78, 5) is 14.5. The van der Waals surface area contributed by atoms with Crippen LogP contribution >= 0.6 is 15.9 Å². The quantitative estimate of drug-likeness (QED) is 0.764. The molecule has 0 atom stereocenters. The summed E-state index contributed by atoms with van der Waals surface area (Å²) in [6.07, 6.45) is 2.63. The number of piperidine rings is 1. The lowest BCUT2D eigenvalue weighted by Gasteiger charge is -2.27. The van der Waals surface area contributed by atoms with Crippen molar-refractivity contribution in [3.8, 4) is 0 Å². The zero-order valence-electron chi connectivity index (χ0n) is 12.3. The number of rotatable bonds is 3. The summed E-state index contributed by atoms with van der Waals surface area (Å²) >= 11 is 3.43. The van der Waals surface area contributed by atoms with Gasteiger partial charge in [-0.15, -0.1) is 0 Å². The van der Waals surface area contributed by atoms with Gasteiger partial charge in [-0.05, 0) is 29.3 Å². The zero-order valence-corrected chi connectivity index (χ0v) is 13.9. The Morgan fingerprint density at radius 1 is 1.05 bits per heavy atom. The first-order valence-corrected chi connectivity index (χ1v) is 8.25. The second kappa shape index (κ2) is 7.03. The van der Waals surface area contributed by atoms with Crippen LogP contribution in [0.5, 0.6) is 0 Å². The average molecular weight is 356 g/mol. The minimum absolute atomic E-state index is 0.271. The molecule has 0 bridgehead atoms. The number of ketones is 1. The molecule has 2 nitrogen and oxygen atoms in total. The van der Waals surface area contributed by atoms with E-state index in [1.165, 1.54) is 5.56 Å². The number of Topliss-reactive ketones (excluding diaryl/α,β-unsaturated/α-hetero) is 1. The van der Waals surface area contributed by atoms with Crippen molar-refractivity contribution in [2.24, 2.45) is 0 Å². The lowest BCUT2D eigenvalue weighted by atomic mass is 10.00. The van der Waals surface area contributed by atoms with Crippen LogP contribution in [0.2, 0.25) is 0 Å². The van der Waals surface area contributed by atoms with Gasteiger partial charge < -0.3 is 0 Å². The highest BCUT2D eigenvalue weighted by atomic mass is 79.9. The highest BCUT2D eigenvalue weighted by Crippen LogP contribution is 2.19. The van der Waals surface area contributed by atoms with Crippen molar-refractivity contribution in [3.05, 3.63) is 75.8 Å². The van der Waals surface area contributed by atoms with E-state index in [0.717, 1.165) is 35.2 Å². The summed E-state index contributed by atoms with van der Waals surface area (Å²) in [5.74, 6) is 0.271. The van der Waals surface area contributed by atoms with E-state index in [-0.39, 0.29) is 5.78 Å². The fourth-order valence-electron chi connectivity index (χ4n) is 2.69. The van der Waals surface area contributed by atoms with Crippen molar-refractivity contribution < 1.29 is 4.79 Å². The Kier molecular flexibility index (Phi) is 4.86. The third-order valence-corrected chi connectivity index (χ3v) is 4.40. The molecule has 1 saturated heterocycles. The van der Waals surface area contributed by atoms with E-state index in [9.17, 15) is 4.79 Å². The molecule has 2 aromatic rings. The number of hydrogen-bond acceptors (Lipinski definition) is 2. The molecule has 0 spiro atoms. The van der Waals surface area contributed by atoms with Crippen LogP contribution < -0.4 is 0 Å². The highest BCUT2D eigenvalue weighted by molar-refractivity contribution is 9.10. The number of likely N-dealkylation sites (tertiary alicyclic amines) is 1. The lowest BCUT2D eigenvalue weighted by Crippen LogP contribution is -2.35. The lowest BCUT2D eigenvalue weighted by molar-refractivity contribution is -0.117. The van der Waals surface area contributed by atoms with E-state index >= 15 is 0 Å². The van der Waals surface area contributed by atoms with Crippen molar-refractivity contribution in [1.82, 2.24) is 4.90 Å². The van der Waals surface area contributed by atoms with Crippen LogP contribution in [0.3, 0.4) is 0 Å². The van der Waals surface area contributed by atoms with Crippen LogP contribution in [0.15, 0.2) is 64.6 Å². The fraction of sp³-hybridized carbons (Fsp3) is 0.211. The first kappa shape index (κ1) is 15.2. The van der Waals surface area contributed by atoms with Gasteiger partial charge in [0.2, 0.25) is 0 Å². The van der Waals surface area contributed by atoms with E-state index < -0.39 is 0 Å². The van der Waals surface area contributed by atoms with Gasteiger partial charge in [0.25, 0.3) is 0 Å². The molecule has 112 valence electrons. The maximum absolute atomic E-state index is 12.2. The molecule has 0 aliphatic carbocycles. The van der Waals surface area contributed by atoms with E-state index in [2.05, 4.69) is 45.1 Å². The van der Waals surface area contributed by atoms with Gasteiger partial charge in [-0.1, -0.05) is 58.4 Å². The highest BCUT2D eigenvalue weighted by Gasteiger charge is 2.21. The smallest absolute Gasteiger partial charge is 0.161 e. The maximum atomic E-state index is 12.2. The van der Waals surface area contributed by atoms with Gasteiger partial charge in [0.15, 0.2) is 5.78 Å². The van der Waals surface area contributed by atoms with Crippen LogP contribution in [0.1, 0.15) is 17.5 Å². The van der Waals surface area contributed by atoms with E-state index in [0.29, 0.717) is 6.42 Å². The van der Waals surface area contributed by atoms with Gasteiger partial charge >= 0.3 is 0 Å². The molecular formula is C19H18BrNO. The number of hydrogen-bond donors (Lipinski definition) is 0.